The molecule has 0 fully saturated rings. The van der Waals surface area contributed by atoms with E-state index in [2.05, 4.69) is 0 Å². The zero-order valence-electron chi connectivity index (χ0n) is 15.3. The molecule has 6 nitrogen and oxygen atoms in total. The molecule has 7 heteroatoms. The lowest BCUT2D eigenvalue weighted by Crippen LogP contribution is -2.26. The fraction of sp³-hybridized carbons (Fsp3) is 0.0952. The molecule has 28 heavy (non-hydrogen) atoms. The number of amides is 1. The van der Waals surface area contributed by atoms with Gasteiger partial charge in [-0.2, -0.15) is 0 Å². The van der Waals surface area contributed by atoms with Crippen molar-refractivity contribution in [2.75, 3.05) is 11.4 Å². The molecule has 0 heterocycles. The van der Waals surface area contributed by atoms with Crippen molar-refractivity contribution in [3.63, 3.8) is 0 Å². The van der Waals surface area contributed by atoms with E-state index in [-0.39, 0.29) is 4.90 Å². The second-order valence-corrected chi connectivity index (χ2v) is 8.10. The van der Waals surface area contributed by atoms with Gasteiger partial charge in [-0.15, -0.1) is 0 Å². The highest BCUT2D eigenvalue weighted by Crippen LogP contribution is 2.24. The standard InChI is InChI=1S/C21H20N2O4S/c1-23(28(25,26)20-5-3-2-4-6-20)18-11-13-19(14-12-18)27-15-16-7-9-17(10-8-16)21(22)24/h2-14H,15H2,1H3,(H2,22,24). The van der Waals surface area contributed by atoms with Crippen LogP contribution in [0.3, 0.4) is 0 Å². The van der Waals surface area contributed by atoms with Gasteiger partial charge >= 0.3 is 0 Å². The minimum Gasteiger partial charge on any atom is -0.489 e. The van der Waals surface area contributed by atoms with Gasteiger partial charge in [0.2, 0.25) is 5.91 Å². The molecule has 3 rings (SSSR count). The summed E-state index contributed by atoms with van der Waals surface area (Å²) in [5, 5.41) is 0. The minimum absolute atomic E-state index is 0.234. The Balaban J connectivity index is 1.67. The summed E-state index contributed by atoms with van der Waals surface area (Å²) in [6.45, 7) is 0.316. The molecule has 2 N–H and O–H groups in total. The molecular weight excluding hydrogens is 376 g/mol. The molecule has 144 valence electrons. The summed E-state index contributed by atoms with van der Waals surface area (Å²) in [6.07, 6.45) is 0. The quantitative estimate of drug-likeness (QED) is 0.664. The van der Waals surface area contributed by atoms with Crippen molar-refractivity contribution >= 4 is 21.6 Å². The van der Waals surface area contributed by atoms with E-state index in [0.717, 1.165) is 5.56 Å². The fourth-order valence-electron chi connectivity index (χ4n) is 2.57. The Hall–Kier alpha value is -3.32. The number of ether oxygens (including phenoxy) is 1. The third-order valence-corrected chi connectivity index (χ3v) is 6.05. The van der Waals surface area contributed by atoms with Crippen LogP contribution in [-0.4, -0.2) is 21.4 Å². The molecular formula is C21H20N2O4S. The Labute approximate surface area is 164 Å². The topological polar surface area (TPSA) is 89.7 Å². The van der Waals surface area contributed by atoms with Crippen LogP contribution in [0, 0.1) is 0 Å². The number of sulfonamides is 1. The number of hydrogen-bond acceptors (Lipinski definition) is 4. The third-order valence-electron chi connectivity index (χ3n) is 4.25. The lowest BCUT2D eigenvalue weighted by atomic mass is 10.1. The van der Waals surface area contributed by atoms with Gasteiger partial charge in [0, 0.05) is 12.6 Å². The Morgan fingerprint density at radius 3 is 2.11 bits per heavy atom. The zero-order valence-corrected chi connectivity index (χ0v) is 16.1. The smallest absolute Gasteiger partial charge is 0.264 e. The molecule has 3 aromatic rings. The number of nitrogens with two attached hydrogens (primary N) is 1. The van der Waals surface area contributed by atoms with Gasteiger partial charge in [-0.1, -0.05) is 30.3 Å². The summed E-state index contributed by atoms with van der Waals surface area (Å²) < 4.78 is 32.3. The maximum atomic E-state index is 12.7. The van der Waals surface area contributed by atoms with Crippen LogP contribution in [-0.2, 0) is 16.6 Å². The van der Waals surface area contributed by atoms with Crippen LogP contribution in [0.15, 0.2) is 83.8 Å². The highest BCUT2D eigenvalue weighted by molar-refractivity contribution is 7.92. The molecule has 0 aliphatic rings. The molecule has 0 aliphatic carbocycles. The van der Waals surface area contributed by atoms with Crippen molar-refractivity contribution in [1.29, 1.82) is 0 Å². The van der Waals surface area contributed by atoms with E-state index in [0.29, 0.717) is 23.6 Å². The number of hydrogen-bond donors (Lipinski definition) is 1. The second-order valence-electron chi connectivity index (χ2n) is 6.13. The Morgan fingerprint density at radius 1 is 0.929 bits per heavy atom. The molecule has 3 aromatic carbocycles. The van der Waals surface area contributed by atoms with Crippen molar-refractivity contribution in [2.45, 2.75) is 11.5 Å². The molecule has 0 saturated carbocycles. The number of carbonyl (C=O) groups is 1. The SMILES string of the molecule is CN(c1ccc(OCc2ccc(C(N)=O)cc2)cc1)S(=O)(=O)c1ccccc1. The molecule has 1 amide bonds. The lowest BCUT2D eigenvalue weighted by molar-refractivity contribution is 0.1000. The average Bonchev–Trinajstić information content (AvgIpc) is 2.73. The second kappa shape index (κ2) is 8.14. The van der Waals surface area contributed by atoms with Crippen LogP contribution in [0.25, 0.3) is 0 Å². The van der Waals surface area contributed by atoms with E-state index in [1.54, 1.807) is 78.9 Å². The van der Waals surface area contributed by atoms with Gasteiger partial charge in [0.25, 0.3) is 10.0 Å². The zero-order chi connectivity index (χ0) is 20.1. The van der Waals surface area contributed by atoms with Gasteiger partial charge < -0.3 is 10.5 Å². The molecule has 0 spiro atoms. The monoisotopic (exact) mass is 396 g/mol. The third kappa shape index (κ3) is 4.32. The number of primary amides is 1. The van der Waals surface area contributed by atoms with Gasteiger partial charge in [-0.05, 0) is 54.1 Å². The number of anilines is 1. The molecule has 0 aliphatic heterocycles. The van der Waals surface area contributed by atoms with Crippen molar-refractivity contribution in [1.82, 2.24) is 0 Å². The van der Waals surface area contributed by atoms with Crippen LogP contribution in [0.5, 0.6) is 5.75 Å². The molecule has 0 bridgehead atoms. The molecule has 0 unspecified atom stereocenters. The Kier molecular flexibility index (Phi) is 5.65. The summed E-state index contributed by atoms with van der Waals surface area (Å²) in [7, 11) is -2.10. The summed E-state index contributed by atoms with van der Waals surface area (Å²) in [5.41, 5.74) is 7.08. The highest BCUT2D eigenvalue weighted by atomic mass is 32.2. The van der Waals surface area contributed by atoms with Gasteiger partial charge in [0.15, 0.2) is 0 Å². The van der Waals surface area contributed by atoms with Crippen LogP contribution < -0.4 is 14.8 Å². The van der Waals surface area contributed by atoms with Crippen LogP contribution >= 0.6 is 0 Å². The highest BCUT2D eigenvalue weighted by Gasteiger charge is 2.20. The summed E-state index contributed by atoms with van der Waals surface area (Å²) in [4.78, 5) is 11.3. The fourth-order valence-corrected chi connectivity index (χ4v) is 3.79. The van der Waals surface area contributed by atoms with Crippen molar-refractivity contribution in [3.05, 3.63) is 90.0 Å². The van der Waals surface area contributed by atoms with E-state index in [4.69, 9.17) is 10.5 Å². The Morgan fingerprint density at radius 2 is 1.54 bits per heavy atom. The van der Waals surface area contributed by atoms with E-state index in [9.17, 15) is 13.2 Å². The molecule has 0 saturated heterocycles. The van der Waals surface area contributed by atoms with E-state index < -0.39 is 15.9 Å². The van der Waals surface area contributed by atoms with Gasteiger partial charge in [0.05, 0.1) is 10.6 Å². The Bertz CT molecular complexity index is 1050. The number of carbonyl (C=O) groups excluding carboxylic acids is 1. The van der Waals surface area contributed by atoms with Crippen LogP contribution in [0.2, 0.25) is 0 Å². The number of rotatable bonds is 7. The largest absolute Gasteiger partial charge is 0.489 e. The van der Waals surface area contributed by atoms with Gasteiger partial charge in [-0.3, -0.25) is 9.10 Å². The molecule has 0 radical (unpaired) electrons. The first-order valence-electron chi connectivity index (χ1n) is 8.53. The minimum atomic E-state index is -3.62. The van der Waals surface area contributed by atoms with E-state index in [1.807, 2.05) is 0 Å². The number of benzene rings is 3. The molecule has 0 atom stereocenters. The summed E-state index contributed by atoms with van der Waals surface area (Å²) >= 11 is 0. The predicted molar refractivity (Wildman–Crippen MR) is 108 cm³/mol. The lowest BCUT2D eigenvalue weighted by Gasteiger charge is -2.19. The molecule has 0 aromatic heterocycles. The first kappa shape index (κ1) is 19.4. The number of nitrogens with zero attached hydrogens (tertiary/aromatic N) is 1. The maximum absolute atomic E-state index is 12.7. The van der Waals surface area contributed by atoms with Gasteiger partial charge in [0.1, 0.15) is 12.4 Å². The first-order chi connectivity index (χ1) is 13.4. The van der Waals surface area contributed by atoms with E-state index in [1.165, 1.54) is 11.4 Å². The van der Waals surface area contributed by atoms with Crippen molar-refractivity contribution < 1.29 is 17.9 Å². The average molecular weight is 396 g/mol. The predicted octanol–water partition coefficient (Wildman–Crippen LogP) is 3.19. The first-order valence-corrected chi connectivity index (χ1v) is 9.97. The van der Waals surface area contributed by atoms with E-state index >= 15 is 0 Å². The van der Waals surface area contributed by atoms with Crippen LogP contribution in [0.4, 0.5) is 5.69 Å². The van der Waals surface area contributed by atoms with Gasteiger partial charge in [-0.25, -0.2) is 8.42 Å². The van der Waals surface area contributed by atoms with Crippen molar-refractivity contribution in [3.8, 4) is 5.75 Å². The van der Waals surface area contributed by atoms with Crippen LogP contribution in [0.1, 0.15) is 15.9 Å². The summed E-state index contributed by atoms with van der Waals surface area (Å²) in [6, 6.07) is 21.9. The summed E-state index contributed by atoms with van der Waals surface area (Å²) in [5.74, 6) is 0.130. The maximum Gasteiger partial charge on any atom is 0.264 e. The normalized spacial score (nSPS) is 11.0. The van der Waals surface area contributed by atoms with Crippen molar-refractivity contribution in [2.24, 2.45) is 5.73 Å².